The van der Waals surface area contributed by atoms with E-state index in [0.717, 1.165) is 25.7 Å². The Kier molecular flexibility index (Phi) is 3.59. The standard InChI is InChI=1S/C9H13NO2/c10-6-9-2-1-8(5-9)3-4-12-7-11/h7-9H,1-5H2. The fraction of sp³-hybridized carbons (Fsp3) is 0.778. The van der Waals surface area contributed by atoms with Crippen LogP contribution in [0.4, 0.5) is 0 Å². The Balaban J connectivity index is 2.11. The van der Waals surface area contributed by atoms with Crippen LogP contribution in [0.3, 0.4) is 0 Å². The maximum Gasteiger partial charge on any atom is 0.293 e. The zero-order chi connectivity index (χ0) is 8.81. The molecule has 1 rings (SSSR count). The van der Waals surface area contributed by atoms with Gasteiger partial charge in [-0.1, -0.05) is 0 Å². The topological polar surface area (TPSA) is 50.1 Å². The zero-order valence-electron chi connectivity index (χ0n) is 7.03. The van der Waals surface area contributed by atoms with Gasteiger partial charge in [0.15, 0.2) is 0 Å². The fourth-order valence-corrected chi connectivity index (χ4v) is 1.74. The second kappa shape index (κ2) is 4.76. The predicted octanol–water partition coefficient (Wildman–Crippen LogP) is 1.49. The highest BCUT2D eigenvalue weighted by Gasteiger charge is 2.23. The third-order valence-corrected chi connectivity index (χ3v) is 2.44. The molecule has 66 valence electrons. The van der Waals surface area contributed by atoms with Crippen molar-refractivity contribution in [3.8, 4) is 6.07 Å². The molecule has 0 spiro atoms. The number of ether oxygens (including phenoxy) is 1. The van der Waals surface area contributed by atoms with Gasteiger partial charge < -0.3 is 4.74 Å². The molecular formula is C9H13NO2. The van der Waals surface area contributed by atoms with E-state index in [1.807, 2.05) is 0 Å². The number of rotatable bonds is 4. The quantitative estimate of drug-likeness (QED) is 0.471. The Morgan fingerprint density at radius 3 is 3.00 bits per heavy atom. The first-order valence-electron chi connectivity index (χ1n) is 4.31. The first-order valence-corrected chi connectivity index (χ1v) is 4.31. The number of nitriles is 1. The first kappa shape index (κ1) is 9.05. The number of nitrogens with zero attached hydrogens (tertiary/aromatic N) is 1. The van der Waals surface area contributed by atoms with Crippen LogP contribution in [-0.2, 0) is 9.53 Å². The second-order valence-corrected chi connectivity index (χ2v) is 3.26. The molecule has 0 radical (unpaired) electrons. The molecule has 1 fully saturated rings. The minimum atomic E-state index is 0.242. The van der Waals surface area contributed by atoms with Gasteiger partial charge in [-0.2, -0.15) is 5.26 Å². The number of carbonyl (C=O) groups is 1. The van der Waals surface area contributed by atoms with Crippen molar-refractivity contribution in [3.05, 3.63) is 0 Å². The molecule has 0 aromatic rings. The summed E-state index contributed by atoms with van der Waals surface area (Å²) in [7, 11) is 0. The van der Waals surface area contributed by atoms with Gasteiger partial charge in [-0.05, 0) is 31.6 Å². The summed E-state index contributed by atoms with van der Waals surface area (Å²) in [4.78, 5) is 9.82. The van der Waals surface area contributed by atoms with E-state index >= 15 is 0 Å². The molecule has 2 unspecified atom stereocenters. The van der Waals surface area contributed by atoms with E-state index < -0.39 is 0 Å². The fourth-order valence-electron chi connectivity index (χ4n) is 1.74. The Morgan fingerprint density at radius 2 is 2.42 bits per heavy atom. The van der Waals surface area contributed by atoms with Gasteiger partial charge in [0.2, 0.25) is 0 Å². The lowest BCUT2D eigenvalue weighted by molar-refractivity contribution is -0.129. The molecule has 2 atom stereocenters. The largest absolute Gasteiger partial charge is 0.468 e. The minimum Gasteiger partial charge on any atom is -0.468 e. The van der Waals surface area contributed by atoms with E-state index in [9.17, 15) is 4.79 Å². The van der Waals surface area contributed by atoms with Crippen LogP contribution in [-0.4, -0.2) is 13.1 Å². The normalized spacial score (nSPS) is 27.9. The van der Waals surface area contributed by atoms with Crippen LogP contribution in [0.1, 0.15) is 25.7 Å². The third-order valence-electron chi connectivity index (χ3n) is 2.44. The van der Waals surface area contributed by atoms with Gasteiger partial charge in [0.25, 0.3) is 6.47 Å². The predicted molar refractivity (Wildman–Crippen MR) is 43.1 cm³/mol. The molecule has 12 heavy (non-hydrogen) atoms. The summed E-state index contributed by atoms with van der Waals surface area (Å²) in [5, 5.41) is 8.62. The lowest BCUT2D eigenvalue weighted by Crippen LogP contribution is -2.01. The van der Waals surface area contributed by atoms with E-state index in [-0.39, 0.29) is 5.92 Å². The summed E-state index contributed by atoms with van der Waals surface area (Å²) in [6.45, 7) is 0.989. The number of carbonyl (C=O) groups excluding carboxylic acids is 1. The summed E-state index contributed by atoms with van der Waals surface area (Å²) >= 11 is 0. The van der Waals surface area contributed by atoms with Gasteiger partial charge in [0.05, 0.1) is 12.7 Å². The molecule has 1 aliphatic carbocycles. The van der Waals surface area contributed by atoms with E-state index in [2.05, 4.69) is 10.8 Å². The zero-order valence-corrected chi connectivity index (χ0v) is 7.03. The Labute approximate surface area is 72.3 Å². The van der Waals surface area contributed by atoms with Crippen LogP contribution < -0.4 is 0 Å². The lowest BCUT2D eigenvalue weighted by atomic mass is 10.0. The highest BCUT2D eigenvalue weighted by Crippen LogP contribution is 2.32. The molecule has 3 nitrogen and oxygen atoms in total. The maximum atomic E-state index is 9.82. The van der Waals surface area contributed by atoms with Crippen LogP contribution in [0.5, 0.6) is 0 Å². The van der Waals surface area contributed by atoms with Crippen molar-refractivity contribution in [1.82, 2.24) is 0 Å². The smallest absolute Gasteiger partial charge is 0.293 e. The van der Waals surface area contributed by atoms with Gasteiger partial charge in [0, 0.05) is 5.92 Å². The van der Waals surface area contributed by atoms with Gasteiger partial charge in [-0.25, -0.2) is 0 Å². The monoisotopic (exact) mass is 167 g/mol. The summed E-state index contributed by atoms with van der Waals surface area (Å²) in [6, 6.07) is 2.27. The van der Waals surface area contributed by atoms with Crippen molar-refractivity contribution >= 4 is 6.47 Å². The Hall–Kier alpha value is -1.04. The molecule has 3 heteroatoms. The third kappa shape index (κ3) is 2.54. The Morgan fingerprint density at radius 1 is 1.58 bits per heavy atom. The molecule has 0 heterocycles. The van der Waals surface area contributed by atoms with Crippen molar-refractivity contribution < 1.29 is 9.53 Å². The van der Waals surface area contributed by atoms with Crippen LogP contribution in [0, 0.1) is 23.2 Å². The van der Waals surface area contributed by atoms with Crippen LogP contribution in [0.15, 0.2) is 0 Å². The molecule has 1 aliphatic rings. The van der Waals surface area contributed by atoms with Crippen LogP contribution in [0.2, 0.25) is 0 Å². The summed E-state index contributed by atoms with van der Waals surface area (Å²) in [5.41, 5.74) is 0. The van der Waals surface area contributed by atoms with Gasteiger partial charge in [0.1, 0.15) is 0 Å². The highest BCUT2D eigenvalue weighted by atomic mass is 16.5. The molecule has 0 aromatic carbocycles. The molecule has 0 bridgehead atoms. The average Bonchev–Trinajstić information content (AvgIpc) is 2.53. The van der Waals surface area contributed by atoms with Crippen molar-refractivity contribution in [2.45, 2.75) is 25.7 Å². The van der Waals surface area contributed by atoms with E-state index in [1.165, 1.54) is 0 Å². The van der Waals surface area contributed by atoms with Gasteiger partial charge >= 0.3 is 0 Å². The van der Waals surface area contributed by atoms with E-state index in [0.29, 0.717) is 19.0 Å². The van der Waals surface area contributed by atoms with Crippen LogP contribution >= 0.6 is 0 Å². The van der Waals surface area contributed by atoms with Gasteiger partial charge in [-0.3, -0.25) is 4.79 Å². The van der Waals surface area contributed by atoms with E-state index in [1.54, 1.807) is 0 Å². The number of hydrogen-bond acceptors (Lipinski definition) is 3. The molecule has 0 N–H and O–H groups in total. The summed E-state index contributed by atoms with van der Waals surface area (Å²) < 4.78 is 4.60. The molecule has 0 aliphatic heterocycles. The first-order chi connectivity index (χ1) is 5.86. The lowest BCUT2D eigenvalue weighted by Gasteiger charge is -2.06. The highest BCUT2D eigenvalue weighted by molar-refractivity contribution is 5.36. The Bertz CT molecular complexity index is 185. The SMILES string of the molecule is N#CC1CCC(CCOC=O)C1. The molecule has 0 saturated heterocycles. The molecule has 1 saturated carbocycles. The molecule has 0 aromatic heterocycles. The maximum absolute atomic E-state index is 9.82. The van der Waals surface area contributed by atoms with Gasteiger partial charge in [-0.15, -0.1) is 0 Å². The molecule has 0 amide bonds. The average molecular weight is 167 g/mol. The van der Waals surface area contributed by atoms with Crippen molar-refractivity contribution in [1.29, 1.82) is 5.26 Å². The van der Waals surface area contributed by atoms with Crippen molar-refractivity contribution in [2.75, 3.05) is 6.61 Å². The van der Waals surface area contributed by atoms with E-state index in [4.69, 9.17) is 5.26 Å². The summed E-state index contributed by atoms with van der Waals surface area (Å²) in [6.07, 6.45) is 4.03. The second-order valence-electron chi connectivity index (χ2n) is 3.26. The van der Waals surface area contributed by atoms with Crippen molar-refractivity contribution in [2.24, 2.45) is 11.8 Å². The van der Waals surface area contributed by atoms with Crippen molar-refractivity contribution in [3.63, 3.8) is 0 Å². The number of hydrogen-bond donors (Lipinski definition) is 0. The van der Waals surface area contributed by atoms with Crippen LogP contribution in [0.25, 0.3) is 0 Å². The molecular weight excluding hydrogens is 154 g/mol. The minimum absolute atomic E-state index is 0.242. The summed E-state index contributed by atoms with van der Waals surface area (Å²) in [5.74, 6) is 0.834.